The van der Waals surface area contributed by atoms with Gasteiger partial charge >= 0.3 is 10.1 Å². The zero-order chi connectivity index (χ0) is 22.7. The molecule has 0 heterocycles. The number of phenols is 1. The second-order valence-corrected chi connectivity index (χ2v) is 8.31. The first-order valence-corrected chi connectivity index (χ1v) is 10.4. The Morgan fingerprint density at radius 3 is 2.16 bits per heavy atom. The van der Waals surface area contributed by atoms with Crippen LogP contribution < -0.4 is 4.18 Å². The van der Waals surface area contributed by atoms with E-state index in [-0.39, 0.29) is 5.56 Å². The number of hydrogen-bond acceptors (Lipinski definition) is 4. The molecule has 4 rings (SSSR count). The van der Waals surface area contributed by atoms with E-state index in [0.717, 1.165) is 12.1 Å². The summed E-state index contributed by atoms with van der Waals surface area (Å²) in [7, 11) is -4.39. The van der Waals surface area contributed by atoms with Crippen molar-refractivity contribution >= 4 is 31.7 Å². The van der Waals surface area contributed by atoms with Crippen molar-refractivity contribution in [1.29, 1.82) is 0 Å². The number of benzene rings is 4. The summed E-state index contributed by atoms with van der Waals surface area (Å²) in [5.74, 6) is -10.5. The molecular formula is C21H11F5O4S. The maximum atomic E-state index is 14.9. The van der Waals surface area contributed by atoms with Crippen molar-refractivity contribution in [2.45, 2.75) is 0 Å². The van der Waals surface area contributed by atoms with Gasteiger partial charge in [-0.05, 0) is 34.5 Å². The van der Waals surface area contributed by atoms with Crippen molar-refractivity contribution in [3.8, 4) is 22.6 Å². The largest absolute Gasteiger partial charge is 0.504 e. The minimum Gasteiger partial charge on any atom is -0.504 e. The van der Waals surface area contributed by atoms with Crippen LogP contribution in [0.15, 0.2) is 42.5 Å². The topological polar surface area (TPSA) is 63.6 Å². The van der Waals surface area contributed by atoms with Crippen molar-refractivity contribution < 1.29 is 39.7 Å². The summed E-state index contributed by atoms with van der Waals surface area (Å²) in [6, 6.07) is 8.78. The van der Waals surface area contributed by atoms with Gasteiger partial charge in [0.05, 0.1) is 11.6 Å². The Balaban J connectivity index is 2.11. The molecule has 0 aromatic heterocycles. The monoisotopic (exact) mass is 454 g/mol. The quantitative estimate of drug-likeness (QED) is 0.333. The highest BCUT2D eigenvalue weighted by molar-refractivity contribution is 7.86. The van der Waals surface area contributed by atoms with E-state index in [2.05, 4.69) is 4.18 Å². The molecule has 4 nitrogen and oxygen atoms in total. The highest BCUT2D eigenvalue weighted by atomic mass is 32.2. The van der Waals surface area contributed by atoms with Crippen molar-refractivity contribution in [2.75, 3.05) is 6.26 Å². The maximum Gasteiger partial charge on any atom is 0.306 e. The molecule has 0 spiro atoms. The molecule has 160 valence electrons. The van der Waals surface area contributed by atoms with Crippen LogP contribution in [0.1, 0.15) is 0 Å². The Labute approximate surface area is 172 Å². The summed E-state index contributed by atoms with van der Waals surface area (Å²) >= 11 is 0. The molecule has 31 heavy (non-hydrogen) atoms. The second kappa shape index (κ2) is 7.09. The van der Waals surface area contributed by atoms with Crippen LogP contribution in [0.3, 0.4) is 0 Å². The molecule has 0 fully saturated rings. The van der Waals surface area contributed by atoms with Gasteiger partial charge < -0.3 is 9.29 Å². The Hall–Kier alpha value is -3.40. The summed E-state index contributed by atoms with van der Waals surface area (Å²) in [4.78, 5) is 0. The molecule has 0 saturated carbocycles. The predicted molar refractivity (Wildman–Crippen MR) is 104 cm³/mol. The number of rotatable bonds is 3. The van der Waals surface area contributed by atoms with Crippen LogP contribution >= 0.6 is 0 Å². The Bertz CT molecular complexity index is 1500. The lowest BCUT2D eigenvalue weighted by molar-refractivity contribution is 0.401. The van der Waals surface area contributed by atoms with E-state index in [0.29, 0.717) is 17.0 Å². The summed E-state index contributed by atoms with van der Waals surface area (Å²) in [5.41, 5.74) is -0.376. The molecule has 0 aliphatic carbocycles. The molecule has 4 aromatic carbocycles. The van der Waals surface area contributed by atoms with Gasteiger partial charge in [-0.2, -0.15) is 12.8 Å². The third-order valence-corrected chi connectivity index (χ3v) is 5.13. The van der Waals surface area contributed by atoms with Gasteiger partial charge in [0.15, 0.2) is 23.2 Å². The van der Waals surface area contributed by atoms with E-state index in [1.54, 1.807) is 0 Å². The minimum absolute atomic E-state index is 0.0746. The first-order valence-electron chi connectivity index (χ1n) is 8.59. The van der Waals surface area contributed by atoms with Crippen LogP contribution in [0, 0.1) is 29.1 Å². The third kappa shape index (κ3) is 3.42. The summed E-state index contributed by atoms with van der Waals surface area (Å²) < 4.78 is 98.9. The van der Waals surface area contributed by atoms with Gasteiger partial charge in [0.2, 0.25) is 11.6 Å². The number of hydrogen-bond donors (Lipinski definition) is 1. The van der Waals surface area contributed by atoms with Crippen molar-refractivity contribution in [2.24, 2.45) is 0 Å². The fourth-order valence-corrected chi connectivity index (χ4v) is 3.83. The first-order chi connectivity index (χ1) is 14.5. The van der Waals surface area contributed by atoms with Crippen LogP contribution in [0.5, 0.6) is 11.5 Å². The van der Waals surface area contributed by atoms with Gasteiger partial charge in [-0.15, -0.1) is 0 Å². The van der Waals surface area contributed by atoms with Crippen molar-refractivity contribution in [1.82, 2.24) is 0 Å². The number of fused-ring (bicyclic) bond motifs is 2. The van der Waals surface area contributed by atoms with Gasteiger partial charge in [0.25, 0.3) is 0 Å². The molecular weight excluding hydrogens is 443 g/mol. The fourth-order valence-electron chi connectivity index (χ4n) is 3.38. The normalized spacial score (nSPS) is 11.9. The van der Waals surface area contributed by atoms with Gasteiger partial charge in [-0.25, -0.2) is 17.6 Å². The lowest BCUT2D eigenvalue weighted by Gasteiger charge is -2.15. The van der Waals surface area contributed by atoms with Crippen LogP contribution in [-0.2, 0) is 10.1 Å². The van der Waals surface area contributed by atoms with Crippen LogP contribution in [0.2, 0.25) is 0 Å². The van der Waals surface area contributed by atoms with Crippen molar-refractivity contribution in [3.05, 3.63) is 71.6 Å². The van der Waals surface area contributed by atoms with Crippen LogP contribution in [-0.4, -0.2) is 19.8 Å². The zero-order valence-corrected chi connectivity index (χ0v) is 16.3. The molecule has 0 aliphatic heterocycles. The predicted octanol–water partition coefficient (Wildman–Crippen LogP) is 5.40. The van der Waals surface area contributed by atoms with Crippen LogP contribution in [0.25, 0.3) is 32.7 Å². The molecule has 0 aliphatic rings. The van der Waals surface area contributed by atoms with E-state index in [9.17, 15) is 35.5 Å². The van der Waals surface area contributed by atoms with E-state index in [4.69, 9.17) is 0 Å². The smallest absolute Gasteiger partial charge is 0.306 e. The standard InChI is InChI=1S/C21H11F5O4S/c1-31(28,29)30-21-19(26)18(25)15-14(20(21)27)8-13(16(23)17(15)24)12-4-2-3-9-7-10(22)5-6-11(9)12/h2-8,27H,1H3. The van der Waals surface area contributed by atoms with Gasteiger partial charge in [0.1, 0.15) is 5.82 Å². The van der Waals surface area contributed by atoms with Gasteiger partial charge in [0, 0.05) is 10.9 Å². The minimum atomic E-state index is -4.39. The summed E-state index contributed by atoms with van der Waals surface area (Å²) in [6.45, 7) is 0. The molecule has 0 atom stereocenters. The highest BCUT2D eigenvalue weighted by Gasteiger charge is 2.29. The molecule has 1 N–H and O–H groups in total. The Morgan fingerprint density at radius 1 is 0.806 bits per heavy atom. The van der Waals surface area contributed by atoms with E-state index in [1.165, 1.54) is 30.3 Å². The number of phenolic OH excluding ortho intramolecular Hbond substituents is 1. The van der Waals surface area contributed by atoms with E-state index < -0.39 is 67.0 Å². The second-order valence-electron chi connectivity index (χ2n) is 6.74. The number of aromatic hydroxyl groups is 1. The number of halogens is 5. The molecule has 0 bridgehead atoms. The van der Waals surface area contributed by atoms with E-state index in [1.807, 2.05) is 0 Å². The first kappa shape index (κ1) is 20.9. The SMILES string of the molecule is CS(=O)(=O)Oc1c(F)c(F)c2c(F)c(F)c(-c3cccc4cc(F)ccc34)cc2c1O. The van der Waals surface area contributed by atoms with Gasteiger partial charge in [-0.3, -0.25) is 0 Å². The van der Waals surface area contributed by atoms with Crippen molar-refractivity contribution in [3.63, 3.8) is 0 Å². The lowest BCUT2D eigenvalue weighted by Crippen LogP contribution is -2.09. The molecule has 0 unspecified atom stereocenters. The average molecular weight is 454 g/mol. The van der Waals surface area contributed by atoms with Gasteiger partial charge in [-0.1, -0.05) is 24.3 Å². The average Bonchev–Trinajstić information content (AvgIpc) is 2.70. The molecule has 10 heteroatoms. The lowest BCUT2D eigenvalue weighted by atomic mass is 9.94. The molecule has 0 saturated heterocycles. The fraction of sp³-hybridized carbons (Fsp3) is 0.0476. The molecule has 4 aromatic rings. The highest BCUT2D eigenvalue weighted by Crippen LogP contribution is 2.44. The molecule has 0 amide bonds. The summed E-state index contributed by atoms with van der Waals surface area (Å²) in [5, 5.41) is 9.05. The molecule has 0 radical (unpaired) electrons. The van der Waals surface area contributed by atoms with Crippen LogP contribution in [0.4, 0.5) is 22.0 Å². The third-order valence-electron chi connectivity index (χ3n) is 4.66. The Morgan fingerprint density at radius 2 is 1.48 bits per heavy atom. The summed E-state index contributed by atoms with van der Waals surface area (Å²) in [6.07, 6.45) is 0.528. The Kier molecular flexibility index (Phi) is 4.77. The zero-order valence-electron chi connectivity index (χ0n) is 15.5. The van der Waals surface area contributed by atoms with E-state index >= 15 is 0 Å². The maximum absolute atomic E-state index is 14.9.